The van der Waals surface area contributed by atoms with Crippen molar-refractivity contribution in [3.63, 3.8) is 0 Å². The molecule has 3 aliphatic rings. The number of aliphatic carboxylic acids is 1. The molecule has 0 aromatic carbocycles. The summed E-state index contributed by atoms with van der Waals surface area (Å²) in [6.45, 7) is 1.76. The summed E-state index contributed by atoms with van der Waals surface area (Å²) in [5.74, 6) is -0.483. The van der Waals surface area contributed by atoms with Gasteiger partial charge in [-0.25, -0.2) is 4.98 Å². The molecular weight excluding hydrogens is 348 g/mol. The van der Waals surface area contributed by atoms with Crippen molar-refractivity contribution >= 4 is 11.9 Å². The molecule has 3 fully saturated rings. The van der Waals surface area contributed by atoms with Crippen molar-refractivity contribution in [3.05, 3.63) is 23.9 Å². The minimum absolute atomic E-state index is 0.0172. The molecule has 3 heterocycles. The number of carbonyl (C=O) groups is 2. The summed E-state index contributed by atoms with van der Waals surface area (Å²) >= 11 is 0. The van der Waals surface area contributed by atoms with E-state index >= 15 is 0 Å². The van der Waals surface area contributed by atoms with E-state index in [0.717, 1.165) is 25.7 Å². The smallest absolute Gasteiger partial charge is 0.309 e. The van der Waals surface area contributed by atoms with Crippen LogP contribution in [0.4, 0.5) is 0 Å². The van der Waals surface area contributed by atoms with E-state index in [1.54, 1.807) is 18.3 Å². The van der Waals surface area contributed by atoms with E-state index < -0.39 is 11.9 Å². The number of rotatable bonds is 5. The van der Waals surface area contributed by atoms with Gasteiger partial charge in [0.1, 0.15) is 6.10 Å². The lowest BCUT2D eigenvalue weighted by Gasteiger charge is -2.35. The molecule has 0 radical (unpaired) electrons. The molecule has 2 saturated heterocycles. The molecule has 1 N–H and O–H groups in total. The summed E-state index contributed by atoms with van der Waals surface area (Å²) in [6, 6.07) is 3.45. The first kappa shape index (κ1) is 18.2. The molecule has 2 aliphatic heterocycles. The van der Waals surface area contributed by atoms with Gasteiger partial charge in [-0.3, -0.25) is 9.59 Å². The second-order valence-corrected chi connectivity index (χ2v) is 7.75. The largest absolute Gasteiger partial charge is 0.481 e. The molecule has 0 bridgehead atoms. The summed E-state index contributed by atoms with van der Waals surface area (Å²) < 4.78 is 11.5. The number of carboxylic acids is 1. The quantitative estimate of drug-likeness (QED) is 0.851. The first-order valence-electron chi connectivity index (χ1n) is 9.88. The van der Waals surface area contributed by atoms with Crippen molar-refractivity contribution in [2.45, 2.75) is 50.7 Å². The van der Waals surface area contributed by atoms with Gasteiger partial charge in [-0.1, -0.05) is 0 Å². The van der Waals surface area contributed by atoms with Gasteiger partial charge in [0.15, 0.2) is 0 Å². The monoisotopic (exact) mass is 374 g/mol. The normalized spacial score (nSPS) is 26.6. The van der Waals surface area contributed by atoms with Gasteiger partial charge in [-0.2, -0.15) is 0 Å². The van der Waals surface area contributed by atoms with Crippen LogP contribution in [0.2, 0.25) is 0 Å². The number of likely N-dealkylation sites (tertiary alicyclic amines) is 1. The van der Waals surface area contributed by atoms with Gasteiger partial charge < -0.3 is 19.5 Å². The summed E-state index contributed by atoms with van der Waals surface area (Å²) in [5.41, 5.74) is 0.596. The second kappa shape index (κ2) is 7.84. The van der Waals surface area contributed by atoms with Crippen molar-refractivity contribution in [3.8, 4) is 5.88 Å². The first-order chi connectivity index (χ1) is 13.1. The highest BCUT2D eigenvalue weighted by molar-refractivity contribution is 5.94. The second-order valence-electron chi connectivity index (χ2n) is 7.75. The number of carbonyl (C=O) groups excluding carboxylic acids is 1. The van der Waals surface area contributed by atoms with Crippen molar-refractivity contribution < 1.29 is 24.2 Å². The van der Waals surface area contributed by atoms with Crippen molar-refractivity contribution in [2.24, 2.45) is 11.8 Å². The van der Waals surface area contributed by atoms with E-state index in [1.165, 1.54) is 6.42 Å². The molecule has 0 spiro atoms. The van der Waals surface area contributed by atoms with Crippen LogP contribution in [0.15, 0.2) is 18.3 Å². The zero-order chi connectivity index (χ0) is 18.8. The number of ether oxygens (including phenoxy) is 2. The Labute approximate surface area is 158 Å². The summed E-state index contributed by atoms with van der Waals surface area (Å²) in [5, 5.41) is 9.35. The Morgan fingerprint density at radius 3 is 2.63 bits per heavy atom. The number of nitrogens with zero attached hydrogens (tertiary/aromatic N) is 2. The lowest BCUT2D eigenvalue weighted by Crippen LogP contribution is -2.43. The molecule has 2 atom stereocenters. The van der Waals surface area contributed by atoms with E-state index in [-0.39, 0.29) is 24.0 Å². The molecule has 1 amide bonds. The molecule has 146 valence electrons. The van der Waals surface area contributed by atoms with Crippen LogP contribution in [0.1, 0.15) is 48.9 Å². The highest BCUT2D eigenvalue weighted by Gasteiger charge is 2.40. The van der Waals surface area contributed by atoms with Crippen LogP contribution in [0.25, 0.3) is 0 Å². The average molecular weight is 374 g/mol. The van der Waals surface area contributed by atoms with Crippen LogP contribution in [-0.2, 0) is 9.53 Å². The van der Waals surface area contributed by atoms with Gasteiger partial charge in [-0.15, -0.1) is 0 Å². The van der Waals surface area contributed by atoms with Crippen molar-refractivity contribution in [2.75, 3.05) is 19.7 Å². The van der Waals surface area contributed by atoms with Crippen LogP contribution < -0.4 is 4.74 Å². The lowest BCUT2D eigenvalue weighted by atomic mass is 9.84. The fourth-order valence-electron chi connectivity index (χ4n) is 4.22. The maximum absolute atomic E-state index is 12.8. The molecule has 1 saturated carbocycles. The molecule has 1 unspecified atom stereocenters. The Balaban J connectivity index is 1.34. The molecule has 7 nitrogen and oxygen atoms in total. The van der Waals surface area contributed by atoms with Gasteiger partial charge in [-0.05, 0) is 50.5 Å². The SMILES string of the molecule is O=C(O)C1CCO[C@H]1C1CCN(C(=O)c2ccnc(OC3CCC3)c2)CC1. The molecular formula is C20H26N2O5. The maximum Gasteiger partial charge on any atom is 0.309 e. The highest BCUT2D eigenvalue weighted by atomic mass is 16.5. The third-order valence-corrected chi connectivity index (χ3v) is 6.07. The van der Waals surface area contributed by atoms with E-state index in [0.29, 0.717) is 37.6 Å². The van der Waals surface area contributed by atoms with E-state index in [1.807, 2.05) is 4.90 Å². The fraction of sp³-hybridized carbons (Fsp3) is 0.650. The summed E-state index contributed by atoms with van der Waals surface area (Å²) in [6.07, 6.45) is 7.05. The highest BCUT2D eigenvalue weighted by Crippen LogP contribution is 2.33. The number of hydrogen-bond donors (Lipinski definition) is 1. The molecule has 1 aromatic rings. The Morgan fingerprint density at radius 1 is 1.19 bits per heavy atom. The number of hydrogen-bond acceptors (Lipinski definition) is 5. The zero-order valence-corrected chi connectivity index (χ0v) is 15.4. The van der Waals surface area contributed by atoms with Crippen LogP contribution in [0.5, 0.6) is 5.88 Å². The molecule has 27 heavy (non-hydrogen) atoms. The number of pyridine rings is 1. The van der Waals surface area contributed by atoms with Crippen molar-refractivity contribution in [1.82, 2.24) is 9.88 Å². The number of aromatic nitrogens is 1. The third-order valence-electron chi connectivity index (χ3n) is 6.07. The Kier molecular flexibility index (Phi) is 5.29. The first-order valence-corrected chi connectivity index (χ1v) is 9.88. The fourth-order valence-corrected chi connectivity index (χ4v) is 4.22. The third kappa shape index (κ3) is 3.93. The summed E-state index contributed by atoms with van der Waals surface area (Å²) in [7, 11) is 0. The number of carboxylic acid groups (broad SMARTS) is 1. The molecule has 1 aromatic heterocycles. The predicted molar refractivity (Wildman–Crippen MR) is 96.6 cm³/mol. The van der Waals surface area contributed by atoms with E-state index in [4.69, 9.17) is 9.47 Å². The van der Waals surface area contributed by atoms with E-state index in [9.17, 15) is 14.7 Å². The molecule has 4 rings (SSSR count). The van der Waals surface area contributed by atoms with Crippen molar-refractivity contribution in [1.29, 1.82) is 0 Å². The zero-order valence-electron chi connectivity index (χ0n) is 15.4. The van der Waals surface area contributed by atoms with Crippen LogP contribution in [0.3, 0.4) is 0 Å². The molecule has 7 heteroatoms. The Hall–Kier alpha value is -2.15. The summed E-state index contributed by atoms with van der Waals surface area (Å²) in [4.78, 5) is 30.3. The number of amides is 1. The van der Waals surface area contributed by atoms with Gasteiger partial charge in [0.25, 0.3) is 5.91 Å². The topological polar surface area (TPSA) is 89.0 Å². The van der Waals surface area contributed by atoms with E-state index in [2.05, 4.69) is 4.98 Å². The minimum Gasteiger partial charge on any atom is -0.481 e. The number of piperidine rings is 1. The standard InChI is InChI=1S/C20H26N2O5/c23-19(14-4-8-21-17(12-14)27-15-2-1-3-15)22-9-5-13(6-10-22)18-16(20(24)25)7-11-26-18/h4,8,12-13,15-16,18H,1-3,5-7,9-11H2,(H,24,25)/t16?,18-/m0/s1. The maximum atomic E-state index is 12.8. The van der Waals surface area contributed by atoms with Gasteiger partial charge >= 0.3 is 5.97 Å². The van der Waals surface area contributed by atoms with Gasteiger partial charge in [0.2, 0.25) is 5.88 Å². The van der Waals surface area contributed by atoms with Crippen LogP contribution >= 0.6 is 0 Å². The Bertz CT molecular complexity index is 697. The Morgan fingerprint density at radius 2 is 1.96 bits per heavy atom. The van der Waals surface area contributed by atoms with Gasteiger partial charge in [0, 0.05) is 37.5 Å². The minimum atomic E-state index is -0.771. The molecule has 1 aliphatic carbocycles. The van der Waals surface area contributed by atoms with Gasteiger partial charge in [0.05, 0.1) is 12.0 Å². The van der Waals surface area contributed by atoms with Crippen LogP contribution in [0, 0.1) is 11.8 Å². The predicted octanol–water partition coefficient (Wildman–Crippen LogP) is 2.35. The lowest BCUT2D eigenvalue weighted by molar-refractivity contribution is -0.145. The van der Waals surface area contributed by atoms with Crippen LogP contribution in [-0.4, -0.2) is 58.8 Å². The average Bonchev–Trinajstić information content (AvgIpc) is 3.15.